The number of aryl methyl sites for hydroxylation is 1. The SMILES string of the molecule is Cc1cc(CSc2ccccc2C(=O)OC(C)C(=O)Nc2ccc(C(F)(F)F)cc2)on1. The summed E-state index contributed by atoms with van der Waals surface area (Å²) in [6.45, 7) is 3.18. The number of rotatable bonds is 7. The van der Waals surface area contributed by atoms with Crippen LogP contribution in [-0.2, 0) is 21.5 Å². The molecule has 1 atom stereocenters. The summed E-state index contributed by atoms with van der Waals surface area (Å²) < 4.78 is 48.4. The van der Waals surface area contributed by atoms with Gasteiger partial charge in [-0.2, -0.15) is 13.2 Å². The molecule has 1 amide bonds. The van der Waals surface area contributed by atoms with Gasteiger partial charge in [0.05, 0.1) is 22.6 Å². The molecule has 0 aliphatic carbocycles. The van der Waals surface area contributed by atoms with E-state index in [1.54, 1.807) is 37.3 Å². The summed E-state index contributed by atoms with van der Waals surface area (Å²) in [4.78, 5) is 25.6. The maximum Gasteiger partial charge on any atom is 0.416 e. The van der Waals surface area contributed by atoms with Crippen molar-refractivity contribution in [3.8, 4) is 0 Å². The normalized spacial score (nSPS) is 12.3. The maximum atomic E-state index is 12.6. The number of alkyl halides is 3. The van der Waals surface area contributed by atoms with Crippen molar-refractivity contribution in [2.24, 2.45) is 0 Å². The number of thioether (sulfide) groups is 1. The number of halogens is 3. The van der Waals surface area contributed by atoms with Crippen LogP contribution in [0.1, 0.15) is 34.3 Å². The second-order valence-electron chi connectivity index (χ2n) is 6.83. The quantitative estimate of drug-likeness (QED) is 0.369. The Hall–Kier alpha value is -3.27. The molecule has 1 N–H and O–H groups in total. The van der Waals surface area contributed by atoms with E-state index in [4.69, 9.17) is 9.26 Å². The summed E-state index contributed by atoms with van der Waals surface area (Å²) in [7, 11) is 0. The fourth-order valence-corrected chi connectivity index (χ4v) is 3.57. The van der Waals surface area contributed by atoms with Crippen molar-refractivity contribution in [2.45, 2.75) is 36.8 Å². The van der Waals surface area contributed by atoms with Crippen LogP contribution >= 0.6 is 11.8 Å². The molecule has 32 heavy (non-hydrogen) atoms. The highest BCUT2D eigenvalue weighted by molar-refractivity contribution is 7.98. The van der Waals surface area contributed by atoms with E-state index in [1.165, 1.54) is 18.7 Å². The molecule has 3 aromatic rings. The zero-order valence-corrected chi connectivity index (χ0v) is 17.9. The van der Waals surface area contributed by atoms with Crippen molar-refractivity contribution in [3.63, 3.8) is 0 Å². The fraction of sp³-hybridized carbons (Fsp3) is 0.227. The first-order chi connectivity index (χ1) is 15.1. The number of nitrogens with zero attached hydrogens (tertiary/aromatic N) is 1. The van der Waals surface area contributed by atoms with Crippen LogP contribution in [0.4, 0.5) is 18.9 Å². The molecule has 0 aliphatic heterocycles. The monoisotopic (exact) mass is 464 g/mol. The van der Waals surface area contributed by atoms with Crippen molar-refractivity contribution < 1.29 is 32.0 Å². The van der Waals surface area contributed by atoms with Gasteiger partial charge in [-0.05, 0) is 50.2 Å². The van der Waals surface area contributed by atoms with Crippen LogP contribution in [0.2, 0.25) is 0 Å². The van der Waals surface area contributed by atoms with Gasteiger partial charge >= 0.3 is 12.1 Å². The van der Waals surface area contributed by atoms with E-state index < -0.39 is 29.7 Å². The zero-order valence-electron chi connectivity index (χ0n) is 17.1. The lowest BCUT2D eigenvalue weighted by Crippen LogP contribution is -2.30. The molecule has 0 saturated carbocycles. The van der Waals surface area contributed by atoms with Crippen LogP contribution in [0.5, 0.6) is 0 Å². The highest BCUT2D eigenvalue weighted by Crippen LogP contribution is 2.30. The van der Waals surface area contributed by atoms with Crippen molar-refractivity contribution in [2.75, 3.05) is 5.32 Å². The number of carbonyl (C=O) groups is 2. The predicted octanol–water partition coefficient (Wildman–Crippen LogP) is 5.48. The third kappa shape index (κ3) is 6.13. The molecule has 1 aromatic heterocycles. The van der Waals surface area contributed by atoms with E-state index in [1.807, 2.05) is 0 Å². The lowest BCUT2D eigenvalue weighted by molar-refractivity contribution is -0.137. The van der Waals surface area contributed by atoms with Crippen molar-refractivity contribution >= 4 is 29.3 Å². The van der Waals surface area contributed by atoms with Crippen LogP contribution in [0.3, 0.4) is 0 Å². The molecule has 1 heterocycles. The van der Waals surface area contributed by atoms with Gasteiger partial charge in [-0.1, -0.05) is 17.3 Å². The van der Waals surface area contributed by atoms with Gasteiger partial charge in [0, 0.05) is 16.6 Å². The Balaban J connectivity index is 1.60. The minimum atomic E-state index is -4.47. The number of hydrogen-bond donors (Lipinski definition) is 1. The Bertz CT molecular complexity index is 1100. The van der Waals surface area contributed by atoms with Crippen LogP contribution < -0.4 is 5.32 Å². The summed E-state index contributed by atoms with van der Waals surface area (Å²) in [6, 6.07) is 12.5. The summed E-state index contributed by atoms with van der Waals surface area (Å²) in [6.07, 6.45) is -5.64. The standard InChI is InChI=1S/C22H19F3N2O4S/c1-13-11-17(31-27-13)12-32-19-6-4-3-5-18(19)21(29)30-14(2)20(28)26-16-9-7-15(8-10-16)22(23,24)25/h3-11,14H,12H2,1-2H3,(H,26,28). The third-order valence-electron chi connectivity index (χ3n) is 4.29. The van der Waals surface area contributed by atoms with E-state index in [-0.39, 0.29) is 11.3 Å². The van der Waals surface area contributed by atoms with Gasteiger partial charge in [0.2, 0.25) is 0 Å². The Morgan fingerprint density at radius 1 is 1.16 bits per heavy atom. The molecule has 0 fully saturated rings. The molecule has 2 aromatic carbocycles. The van der Waals surface area contributed by atoms with E-state index in [9.17, 15) is 22.8 Å². The number of ether oxygens (including phenoxy) is 1. The van der Waals surface area contributed by atoms with Gasteiger partial charge in [0.25, 0.3) is 5.91 Å². The smallest absolute Gasteiger partial charge is 0.416 e. The van der Waals surface area contributed by atoms with Gasteiger partial charge in [0.15, 0.2) is 6.10 Å². The molecule has 0 radical (unpaired) electrons. The van der Waals surface area contributed by atoms with E-state index in [0.29, 0.717) is 16.4 Å². The first-order valence-electron chi connectivity index (χ1n) is 9.46. The van der Waals surface area contributed by atoms with Crippen LogP contribution in [-0.4, -0.2) is 23.1 Å². The number of nitrogens with one attached hydrogen (secondary N) is 1. The number of carbonyl (C=O) groups excluding carboxylic acids is 2. The zero-order chi connectivity index (χ0) is 23.3. The predicted molar refractivity (Wildman–Crippen MR) is 112 cm³/mol. The lowest BCUT2D eigenvalue weighted by atomic mass is 10.2. The number of esters is 1. The molecule has 1 unspecified atom stereocenters. The van der Waals surface area contributed by atoms with Gasteiger partial charge in [-0.25, -0.2) is 4.79 Å². The van der Waals surface area contributed by atoms with E-state index in [0.717, 1.165) is 30.0 Å². The molecule has 0 aliphatic rings. The minimum Gasteiger partial charge on any atom is -0.449 e. The second-order valence-corrected chi connectivity index (χ2v) is 7.85. The Morgan fingerprint density at radius 2 is 1.84 bits per heavy atom. The minimum absolute atomic E-state index is 0.157. The number of hydrogen-bond acceptors (Lipinski definition) is 6. The largest absolute Gasteiger partial charge is 0.449 e. The molecule has 0 spiro atoms. The maximum absolute atomic E-state index is 12.6. The summed E-state index contributed by atoms with van der Waals surface area (Å²) in [5.41, 5.74) is 0.359. The molecular weight excluding hydrogens is 445 g/mol. The van der Waals surface area contributed by atoms with Gasteiger partial charge in [0.1, 0.15) is 5.76 Å². The number of anilines is 1. The average Bonchev–Trinajstić information content (AvgIpc) is 3.17. The van der Waals surface area contributed by atoms with Gasteiger partial charge < -0.3 is 14.6 Å². The summed E-state index contributed by atoms with van der Waals surface area (Å²) >= 11 is 1.36. The van der Waals surface area contributed by atoms with Crippen LogP contribution in [0.25, 0.3) is 0 Å². The summed E-state index contributed by atoms with van der Waals surface area (Å²) in [5.74, 6) is -0.257. The Labute approximate surface area is 186 Å². The van der Waals surface area contributed by atoms with Crippen LogP contribution in [0, 0.1) is 6.92 Å². The highest BCUT2D eigenvalue weighted by Gasteiger charge is 2.30. The summed E-state index contributed by atoms with van der Waals surface area (Å²) in [5, 5.41) is 6.25. The topological polar surface area (TPSA) is 81.4 Å². The first-order valence-corrected chi connectivity index (χ1v) is 10.4. The van der Waals surface area contributed by atoms with Crippen molar-refractivity contribution in [1.82, 2.24) is 5.16 Å². The Kier molecular flexibility index (Phi) is 7.24. The first kappa shape index (κ1) is 23.4. The lowest BCUT2D eigenvalue weighted by Gasteiger charge is -2.15. The average molecular weight is 464 g/mol. The molecule has 3 rings (SSSR count). The second kappa shape index (κ2) is 9.90. The van der Waals surface area contributed by atoms with Crippen LogP contribution in [0.15, 0.2) is 64.0 Å². The van der Waals surface area contributed by atoms with Gasteiger partial charge in [-0.15, -0.1) is 11.8 Å². The molecule has 0 saturated heterocycles. The van der Waals surface area contributed by atoms with Crippen molar-refractivity contribution in [3.05, 3.63) is 77.2 Å². The highest BCUT2D eigenvalue weighted by atomic mass is 32.2. The molecule has 168 valence electrons. The number of benzene rings is 2. The van der Waals surface area contributed by atoms with E-state index >= 15 is 0 Å². The molecule has 10 heteroatoms. The van der Waals surface area contributed by atoms with E-state index in [2.05, 4.69) is 10.5 Å². The number of aromatic nitrogens is 1. The molecule has 6 nitrogen and oxygen atoms in total. The van der Waals surface area contributed by atoms with Crippen molar-refractivity contribution in [1.29, 1.82) is 0 Å². The van der Waals surface area contributed by atoms with Gasteiger partial charge in [-0.3, -0.25) is 4.79 Å². The third-order valence-corrected chi connectivity index (χ3v) is 5.38. The molecular formula is C22H19F3N2O4S. The Morgan fingerprint density at radius 3 is 2.47 bits per heavy atom. The fourth-order valence-electron chi connectivity index (χ4n) is 2.66. The molecule has 0 bridgehead atoms. The number of amides is 1.